The van der Waals surface area contributed by atoms with E-state index in [0.717, 1.165) is 5.75 Å². The van der Waals surface area contributed by atoms with Gasteiger partial charge in [-0.15, -0.1) is 0 Å². The molecule has 11 heavy (non-hydrogen) atoms. The maximum atomic E-state index is 9.61. The first-order chi connectivity index (χ1) is 4.84. The van der Waals surface area contributed by atoms with Crippen LogP contribution in [0.25, 0.3) is 0 Å². The topological polar surface area (TPSA) is 20.2 Å². The van der Waals surface area contributed by atoms with E-state index in [1.54, 1.807) is 0 Å². The van der Waals surface area contributed by atoms with Crippen LogP contribution in [0.4, 0.5) is 0 Å². The van der Waals surface area contributed by atoms with E-state index < -0.39 is 0 Å². The molecule has 0 aromatic rings. The number of aliphatic hydroxyl groups excluding tert-OH is 1. The molecule has 0 radical (unpaired) electrons. The maximum absolute atomic E-state index is 9.61. The summed E-state index contributed by atoms with van der Waals surface area (Å²) < 4.78 is 0. The molecule has 0 spiro atoms. The van der Waals surface area contributed by atoms with Crippen LogP contribution in [0, 0.1) is 5.41 Å². The van der Waals surface area contributed by atoms with Gasteiger partial charge in [0.2, 0.25) is 0 Å². The summed E-state index contributed by atoms with van der Waals surface area (Å²) in [7, 11) is 0. The summed E-state index contributed by atoms with van der Waals surface area (Å²) in [5.41, 5.74) is 0.0297. The average molecular weight is 176 g/mol. The van der Waals surface area contributed by atoms with Crippen LogP contribution in [0.15, 0.2) is 0 Å². The molecule has 0 fully saturated rings. The van der Waals surface area contributed by atoms with Gasteiger partial charge in [0.05, 0.1) is 6.10 Å². The highest BCUT2D eigenvalue weighted by atomic mass is 32.2. The van der Waals surface area contributed by atoms with E-state index in [1.165, 1.54) is 0 Å². The molecule has 68 valence electrons. The van der Waals surface area contributed by atoms with Crippen LogP contribution in [0.1, 0.15) is 34.6 Å². The summed E-state index contributed by atoms with van der Waals surface area (Å²) in [5.74, 6) is 0.848. The summed E-state index contributed by atoms with van der Waals surface area (Å²) >= 11 is 1.82. The Bertz CT molecular complexity index is 105. The Kier molecular flexibility index (Phi) is 4.49. The molecule has 1 unspecified atom stereocenters. The monoisotopic (exact) mass is 176 g/mol. The standard InChI is InChI=1S/C9H20OS/c1-7(2)11-6-8(10)9(3,4)5/h7-8,10H,6H2,1-5H3. The molecule has 0 aromatic carbocycles. The Morgan fingerprint density at radius 1 is 1.27 bits per heavy atom. The molecule has 2 heteroatoms. The predicted octanol–water partition coefficient (Wildman–Crippen LogP) is 2.54. The lowest BCUT2D eigenvalue weighted by molar-refractivity contribution is 0.0842. The molecule has 0 rings (SSSR count). The van der Waals surface area contributed by atoms with Gasteiger partial charge in [0.15, 0.2) is 0 Å². The first-order valence-corrected chi connectivity index (χ1v) is 5.18. The minimum atomic E-state index is -0.185. The molecule has 1 atom stereocenters. The number of thioether (sulfide) groups is 1. The third-order valence-electron chi connectivity index (χ3n) is 1.59. The quantitative estimate of drug-likeness (QED) is 0.713. The molecule has 0 aliphatic rings. The Balaban J connectivity index is 3.61. The van der Waals surface area contributed by atoms with Crippen molar-refractivity contribution in [2.45, 2.75) is 46.0 Å². The van der Waals surface area contributed by atoms with Gasteiger partial charge in [-0.1, -0.05) is 34.6 Å². The van der Waals surface area contributed by atoms with Crippen molar-refractivity contribution in [3.63, 3.8) is 0 Å². The minimum Gasteiger partial charge on any atom is -0.392 e. The highest BCUT2D eigenvalue weighted by Crippen LogP contribution is 2.23. The van der Waals surface area contributed by atoms with Gasteiger partial charge >= 0.3 is 0 Å². The van der Waals surface area contributed by atoms with Crippen molar-refractivity contribution in [3.05, 3.63) is 0 Å². The van der Waals surface area contributed by atoms with Crippen LogP contribution in [0.5, 0.6) is 0 Å². The lowest BCUT2D eigenvalue weighted by Gasteiger charge is -2.25. The first-order valence-electron chi connectivity index (χ1n) is 4.13. The van der Waals surface area contributed by atoms with Gasteiger partial charge < -0.3 is 5.11 Å². The molecule has 0 heterocycles. The van der Waals surface area contributed by atoms with E-state index in [-0.39, 0.29) is 11.5 Å². The average Bonchev–Trinajstić information content (AvgIpc) is 1.80. The summed E-state index contributed by atoms with van der Waals surface area (Å²) in [6.07, 6.45) is -0.185. The fourth-order valence-corrected chi connectivity index (χ4v) is 1.60. The van der Waals surface area contributed by atoms with Crippen LogP contribution in [0.3, 0.4) is 0 Å². The molecular formula is C9H20OS. The van der Waals surface area contributed by atoms with Gasteiger partial charge in [0.1, 0.15) is 0 Å². The van der Waals surface area contributed by atoms with Gasteiger partial charge in [0, 0.05) is 5.75 Å². The zero-order valence-electron chi connectivity index (χ0n) is 8.22. The number of aliphatic hydroxyl groups is 1. The Morgan fingerprint density at radius 3 is 2.00 bits per heavy atom. The van der Waals surface area contributed by atoms with E-state index in [0.29, 0.717) is 5.25 Å². The molecule has 0 saturated carbocycles. The molecule has 0 bridgehead atoms. The van der Waals surface area contributed by atoms with E-state index in [9.17, 15) is 5.11 Å². The van der Waals surface area contributed by atoms with Gasteiger partial charge in [-0.05, 0) is 10.7 Å². The summed E-state index contributed by atoms with van der Waals surface area (Å²) in [5, 5.41) is 10.2. The number of hydrogen-bond donors (Lipinski definition) is 1. The van der Waals surface area contributed by atoms with E-state index in [4.69, 9.17) is 0 Å². The SMILES string of the molecule is CC(C)SCC(O)C(C)(C)C. The minimum absolute atomic E-state index is 0.0297. The van der Waals surface area contributed by atoms with Gasteiger partial charge in [-0.2, -0.15) is 11.8 Å². The Hall–Kier alpha value is 0.310. The molecule has 1 nitrogen and oxygen atoms in total. The molecule has 1 N–H and O–H groups in total. The molecule has 0 amide bonds. The smallest absolute Gasteiger partial charge is 0.0678 e. The summed E-state index contributed by atoms with van der Waals surface area (Å²) in [4.78, 5) is 0. The van der Waals surface area contributed by atoms with Crippen molar-refractivity contribution in [1.82, 2.24) is 0 Å². The first kappa shape index (κ1) is 11.3. The van der Waals surface area contributed by atoms with Crippen molar-refractivity contribution in [1.29, 1.82) is 0 Å². The molecule has 0 aliphatic heterocycles. The zero-order chi connectivity index (χ0) is 9.07. The summed E-state index contributed by atoms with van der Waals surface area (Å²) in [6, 6.07) is 0. The lowest BCUT2D eigenvalue weighted by atomic mass is 9.90. The van der Waals surface area contributed by atoms with Crippen LogP contribution in [0.2, 0.25) is 0 Å². The highest BCUT2D eigenvalue weighted by molar-refractivity contribution is 7.99. The van der Waals surface area contributed by atoms with E-state index >= 15 is 0 Å². The van der Waals surface area contributed by atoms with Crippen molar-refractivity contribution in [2.75, 3.05) is 5.75 Å². The van der Waals surface area contributed by atoms with Crippen LogP contribution >= 0.6 is 11.8 Å². The fraction of sp³-hybridized carbons (Fsp3) is 1.00. The van der Waals surface area contributed by atoms with Crippen molar-refractivity contribution in [2.24, 2.45) is 5.41 Å². The predicted molar refractivity (Wildman–Crippen MR) is 53.1 cm³/mol. The third kappa shape index (κ3) is 5.57. The van der Waals surface area contributed by atoms with E-state index in [1.807, 2.05) is 11.8 Å². The summed E-state index contributed by atoms with van der Waals surface area (Å²) in [6.45, 7) is 10.5. The van der Waals surface area contributed by atoms with E-state index in [2.05, 4.69) is 34.6 Å². The highest BCUT2D eigenvalue weighted by Gasteiger charge is 2.21. The second kappa shape index (κ2) is 4.36. The zero-order valence-corrected chi connectivity index (χ0v) is 9.03. The largest absolute Gasteiger partial charge is 0.392 e. The van der Waals surface area contributed by atoms with Crippen LogP contribution in [-0.2, 0) is 0 Å². The number of rotatable bonds is 3. The van der Waals surface area contributed by atoms with Crippen molar-refractivity contribution in [3.8, 4) is 0 Å². The van der Waals surface area contributed by atoms with Crippen molar-refractivity contribution >= 4 is 11.8 Å². The Labute approximate surface area is 74.6 Å². The second-order valence-electron chi connectivity index (χ2n) is 4.26. The molecule has 0 aromatic heterocycles. The second-order valence-corrected chi connectivity index (χ2v) is 5.87. The van der Waals surface area contributed by atoms with Gasteiger partial charge in [0.25, 0.3) is 0 Å². The molecular weight excluding hydrogens is 156 g/mol. The number of hydrogen-bond acceptors (Lipinski definition) is 2. The lowest BCUT2D eigenvalue weighted by Crippen LogP contribution is -2.28. The Morgan fingerprint density at radius 2 is 1.73 bits per heavy atom. The molecule has 0 aliphatic carbocycles. The van der Waals surface area contributed by atoms with Gasteiger partial charge in [-0.3, -0.25) is 0 Å². The maximum Gasteiger partial charge on any atom is 0.0678 e. The third-order valence-corrected chi connectivity index (χ3v) is 2.76. The van der Waals surface area contributed by atoms with Crippen LogP contribution in [-0.4, -0.2) is 22.2 Å². The normalized spacial score (nSPS) is 15.5. The van der Waals surface area contributed by atoms with Crippen molar-refractivity contribution < 1.29 is 5.11 Å². The molecule has 0 saturated heterocycles. The fourth-order valence-electron chi connectivity index (χ4n) is 0.534. The van der Waals surface area contributed by atoms with Gasteiger partial charge in [-0.25, -0.2) is 0 Å². The van der Waals surface area contributed by atoms with Crippen LogP contribution < -0.4 is 0 Å².